The van der Waals surface area contributed by atoms with Gasteiger partial charge in [-0.15, -0.1) is 0 Å². The summed E-state index contributed by atoms with van der Waals surface area (Å²) >= 11 is 0. The molecule has 3 aromatic rings. The van der Waals surface area contributed by atoms with E-state index in [-0.39, 0.29) is 23.2 Å². The molecule has 126 valence electrons. The van der Waals surface area contributed by atoms with Crippen LogP contribution >= 0.6 is 0 Å². The van der Waals surface area contributed by atoms with Crippen LogP contribution in [0, 0.1) is 0 Å². The predicted molar refractivity (Wildman–Crippen MR) is 99.3 cm³/mol. The van der Waals surface area contributed by atoms with E-state index in [1.165, 1.54) is 29.4 Å². The summed E-state index contributed by atoms with van der Waals surface area (Å²) < 4.78 is 5.41. The fraction of sp³-hybridized carbons (Fsp3) is 0.208. The van der Waals surface area contributed by atoms with E-state index in [1.54, 1.807) is 0 Å². The van der Waals surface area contributed by atoms with Crippen molar-refractivity contribution >= 4 is 5.97 Å². The van der Waals surface area contributed by atoms with Crippen LogP contribution in [0.3, 0.4) is 0 Å². The highest BCUT2D eigenvalue weighted by Gasteiger charge is 2.91. The molecular weight excluding hydrogens is 320 g/mol. The van der Waals surface area contributed by atoms with Crippen LogP contribution in [0.1, 0.15) is 39.7 Å². The number of benzene rings is 3. The lowest BCUT2D eigenvalue weighted by Gasteiger charge is -2.24. The van der Waals surface area contributed by atoms with E-state index in [0.29, 0.717) is 0 Å². The van der Waals surface area contributed by atoms with Crippen LogP contribution in [-0.4, -0.2) is 13.1 Å². The first-order valence-corrected chi connectivity index (χ1v) is 9.11. The van der Waals surface area contributed by atoms with E-state index in [9.17, 15) is 4.79 Å². The van der Waals surface area contributed by atoms with Gasteiger partial charge in [0.25, 0.3) is 0 Å². The predicted octanol–water partition coefficient (Wildman–Crippen LogP) is 4.29. The third kappa shape index (κ3) is 1.21. The molecule has 1 fully saturated rings. The molecule has 6 rings (SSSR count). The zero-order chi connectivity index (χ0) is 17.5. The number of carbonyl (C=O) groups is 1. The molecule has 26 heavy (non-hydrogen) atoms. The molecule has 0 radical (unpaired) electrons. The quantitative estimate of drug-likeness (QED) is 0.652. The lowest BCUT2D eigenvalue weighted by atomic mass is 9.78. The van der Waals surface area contributed by atoms with Gasteiger partial charge in [-0.3, -0.25) is 4.79 Å². The Balaban J connectivity index is 1.77. The van der Waals surface area contributed by atoms with Gasteiger partial charge in [0.1, 0.15) is 5.41 Å². The van der Waals surface area contributed by atoms with Gasteiger partial charge in [-0.2, -0.15) is 0 Å². The third-order valence-electron chi connectivity index (χ3n) is 6.99. The Morgan fingerprint density at radius 3 is 2.15 bits per heavy atom. The highest BCUT2D eigenvalue weighted by Crippen LogP contribution is 2.89. The Hall–Kier alpha value is -2.87. The maximum Gasteiger partial charge on any atom is 0.317 e. The van der Waals surface area contributed by atoms with Gasteiger partial charge < -0.3 is 4.74 Å². The minimum absolute atomic E-state index is 0.101. The van der Waals surface area contributed by atoms with Gasteiger partial charge >= 0.3 is 5.97 Å². The summed E-state index contributed by atoms with van der Waals surface area (Å²) in [6.45, 7) is 0. The number of hydrogen-bond acceptors (Lipinski definition) is 2. The summed E-state index contributed by atoms with van der Waals surface area (Å²) in [5.74, 6) is 0.262. The Morgan fingerprint density at radius 1 is 0.808 bits per heavy atom. The Bertz CT molecular complexity index is 1070. The molecule has 0 unspecified atom stereocenters. The molecule has 0 N–H and O–H groups in total. The molecular formula is C24H18O2. The van der Waals surface area contributed by atoms with Crippen LogP contribution in [0.2, 0.25) is 0 Å². The fourth-order valence-electron chi connectivity index (χ4n) is 6.38. The summed E-state index contributed by atoms with van der Waals surface area (Å²) in [5, 5.41) is 0. The number of fused-ring (bicyclic) bond motifs is 7. The second kappa shape index (κ2) is 4.45. The second-order valence-electron chi connectivity index (χ2n) is 7.62. The van der Waals surface area contributed by atoms with Gasteiger partial charge in [0.05, 0.1) is 7.11 Å². The summed E-state index contributed by atoms with van der Waals surface area (Å²) in [7, 11) is 1.52. The van der Waals surface area contributed by atoms with Crippen molar-refractivity contribution in [2.75, 3.05) is 7.11 Å². The molecule has 0 saturated heterocycles. The fourth-order valence-corrected chi connectivity index (χ4v) is 6.38. The largest absolute Gasteiger partial charge is 0.468 e. The number of ether oxygens (including phenoxy) is 1. The topological polar surface area (TPSA) is 26.3 Å². The maximum atomic E-state index is 13.3. The molecule has 4 atom stereocenters. The highest BCUT2D eigenvalue weighted by atomic mass is 16.5. The van der Waals surface area contributed by atoms with E-state index in [4.69, 9.17) is 4.74 Å². The minimum Gasteiger partial charge on any atom is -0.468 e. The van der Waals surface area contributed by atoms with Crippen molar-refractivity contribution in [3.8, 4) is 0 Å². The molecule has 2 nitrogen and oxygen atoms in total. The zero-order valence-corrected chi connectivity index (χ0v) is 14.5. The van der Waals surface area contributed by atoms with Gasteiger partial charge in [-0.1, -0.05) is 78.9 Å². The van der Waals surface area contributed by atoms with Crippen molar-refractivity contribution < 1.29 is 9.53 Å². The first kappa shape index (κ1) is 14.3. The minimum atomic E-state index is -0.598. The smallest absolute Gasteiger partial charge is 0.317 e. The number of hydrogen-bond donors (Lipinski definition) is 0. The van der Waals surface area contributed by atoms with Gasteiger partial charge in [-0.05, 0) is 27.8 Å². The Labute approximate surface area is 152 Å². The van der Waals surface area contributed by atoms with E-state index < -0.39 is 5.41 Å². The average molecular weight is 338 g/mol. The normalized spacial score (nSPS) is 31.7. The van der Waals surface area contributed by atoms with Crippen molar-refractivity contribution in [2.24, 2.45) is 0 Å². The second-order valence-corrected chi connectivity index (χ2v) is 7.62. The van der Waals surface area contributed by atoms with Crippen LogP contribution in [0.25, 0.3) is 0 Å². The Kier molecular flexibility index (Phi) is 2.45. The van der Waals surface area contributed by atoms with Gasteiger partial charge in [-0.25, -0.2) is 0 Å². The number of carbonyl (C=O) groups excluding carboxylic acids is 1. The third-order valence-corrected chi connectivity index (χ3v) is 6.99. The molecule has 3 aliphatic rings. The van der Waals surface area contributed by atoms with E-state index in [2.05, 4.69) is 66.7 Å². The van der Waals surface area contributed by atoms with Crippen molar-refractivity contribution in [1.82, 2.24) is 0 Å². The highest BCUT2D eigenvalue weighted by molar-refractivity contribution is 6.00. The van der Waals surface area contributed by atoms with E-state index >= 15 is 0 Å². The lowest BCUT2D eigenvalue weighted by molar-refractivity contribution is -0.144. The van der Waals surface area contributed by atoms with Crippen LogP contribution in [-0.2, 0) is 20.4 Å². The summed E-state index contributed by atoms with van der Waals surface area (Å²) in [6, 6.07) is 27.7. The molecule has 3 aromatic carbocycles. The van der Waals surface area contributed by atoms with Gasteiger partial charge in [0.15, 0.2) is 0 Å². The van der Waals surface area contributed by atoms with Gasteiger partial charge in [0, 0.05) is 17.3 Å². The average Bonchev–Trinajstić information content (AvgIpc) is 3.14. The molecule has 0 amide bonds. The van der Waals surface area contributed by atoms with Crippen LogP contribution in [0.15, 0.2) is 78.9 Å². The van der Waals surface area contributed by atoms with E-state index in [1.807, 2.05) is 12.1 Å². The first-order chi connectivity index (χ1) is 12.8. The van der Waals surface area contributed by atoms with Crippen molar-refractivity contribution in [2.45, 2.75) is 22.7 Å². The number of rotatable bonds is 2. The standard InChI is InChI=1S/C24H18O2/c1-26-22(25)24-19-14-8-7-13-18(19)20-16-11-5-6-12-17(16)21(24)23(20,24)15-9-3-2-4-10-15/h2-14,20-21H,1H3/t20-,21-,23+,24-/m1/s1. The van der Waals surface area contributed by atoms with E-state index in [0.717, 1.165) is 5.56 Å². The summed E-state index contributed by atoms with van der Waals surface area (Å²) in [6.07, 6.45) is 0. The first-order valence-electron chi connectivity index (χ1n) is 9.11. The van der Waals surface area contributed by atoms with Crippen LogP contribution in [0.4, 0.5) is 0 Å². The van der Waals surface area contributed by atoms with Crippen molar-refractivity contribution in [3.05, 3.63) is 107 Å². The molecule has 3 aliphatic carbocycles. The molecule has 0 spiro atoms. The molecule has 2 heteroatoms. The monoisotopic (exact) mass is 338 g/mol. The summed E-state index contributed by atoms with van der Waals surface area (Å²) in [5.41, 5.74) is 5.50. The Morgan fingerprint density at radius 2 is 1.42 bits per heavy atom. The molecule has 0 aromatic heterocycles. The molecule has 0 heterocycles. The SMILES string of the molecule is COC(=O)[C@@]12c3ccccc3[C@H]3c4ccccc4[C@@H]1[C@]32c1ccccc1. The van der Waals surface area contributed by atoms with Crippen molar-refractivity contribution in [3.63, 3.8) is 0 Å². The van der Waals surface area contributed by atoms with Crippen molar-refractivity contribution in [1.29, 1.82) is 0 Å². The van der Waals surface area contributed by atoms with Gasteiger partial charge in [0.2, 0.25) is 0 Å². The van der Waals surface area contributed by atoms with Crippen LogP contribution in [0.5, 0.6) is 0 Å². The number of methoxy groups -OCH3 is 1. The molecule has 0 aliphatic heterocycles. The number of esters is 1. The molecule has 1 saturated carbocycles. The maximum absolute atomic E-state index is 13.3. The summed E-state index contributed by atoms with van der Waals surface area (Å²) in [4.78, 5) is 13.3. The van der Waals surface area contributed by atoms with Crippen LogP contribution < -0.4 is 0 Å². The molecule has 0 bridgehead atoms. The lowest BCUT2D eigenvalue weighted by Crippen LogP contribution is -2.31. The zero-order valence-electron chi connectivity index (χ0n) is 14.5.